The number of fused-ring (bicyclic) bond motifs is 1. The molecule has 1 aliphatic rings. The van der Waals surface area contributed by atoms with Gasteiger partial charge < -0.3 is 14.9 Å². The highest BCUT2D eigenvalue weighted by atomic mass is 32.2. The molecule has 3 aromatic rings. The number of hydrogen-bond acceptors (Lipinski definition) is 3. The van der Waals surface area contributed by atoms with Crippen LogP contribution in [0.3, 0.4) is 0 Å². The molecule has 4 rings (SSSR count). The molecule has 1 aromatic carbocycles. The maximum Gasteiger partial charge on any atom is 0.222 e. The second kappa shape index (κ2) is 9.08. The molecule has 0 unspecified atom stereocenters. The van der Waals surface area contributed by atoms with Gasteiger partial charge >= 0.3 is 0 Å². The topological polar surface area (TPSA) is 62.7 Å². The molecule has 1 fully saturated rings. The molecule has 29 heavy (non-hydrogen) atoms. The van der Waals surface area contributed by atoms with Crippen molar-refractivity contribution in [1.29, 1.82) is 0 Å². The third-order valence-corrected chi connectivity index (χ3v) is 6.75. The summed E-state index contributed by atoms with van der Waals surface area (Å²) in [5, 5.41) is 3.30. The maximum atomic E-state index is 13.2. The molecule has 1 aliphatic carbocycles. The number of H-pyrrole nitrogens is 1. The van der Waals surface area contributed by atoms with Gasteiger partial charge in [0.1, 0.15) is 5.82 Å². The number of benzene rings is 1. The van der Waals surface area contributed by atoms with Crippen molar-refractivity contribution >= 4 is 28.7 Å². The van der Waals surface area contributed by atoms with E-state index in [4.69, 9.17) is 4.98 Å². The van der Waals surface area contributed by atoms with E-state index >= 15 is 0 Å². The molecule has 0 saturated heterocycles. The van der Waals surface area contributed by atoms with E-state index in [0.29, 0.717) is 6.42 Å². The van der Waals surface area contributed by atoms with E-state index in [9.17, 15) is 4.79 Å². The van der Waals surface area contributed by atoms with E-state index in [2.05, 4.69) is 45.7 Å². The molecule has 1 saturated carbocycles. The zero-order valence-electron chi connectivity index (χ0n) is 17.1. The Bertz CT molecular complexity index is 894. The molecular weight excluding hydrogens is 380 g/mol. The standard InChI is InChI=1S/C23H30N4OS/c1-29-16-11-20(22-25-18-9-3-4-10-19(18)26-22)24-21(28)17-23(12-5-2-6-13-23)27-14-7-8-15-27/h3-4,7-10,14-15,20H,2,5-6,11-13,16-17H2,1H3,(H,24,28)(H,25,26)/t20-/m0/s1. The Morgan fingerprint density at radius 2 is 1.97 bits per heavy atom. The molecular formula is C23H30N4OS. The number of para-hydroxylation sites is 2. The lowest BCUT2D eigenvalue weighted by Gasteiger charge is -2.39. The van der Waals surface area contributed by atoms with E-state index in [1.807, 2.05) is 24.3 Å². The largest absolute Gasteiger partial charge is 0.348 e. The number of amides is 1. The molecule has 0 radical (unpaired) electrons. The maximum absolute atomic E-state index is 13.2. The summed E-state index contributed by atoms with van der Waals surface area (Å²) >= 11 is 1.79. The molecule has 2 heterocycles. The lowest BCUT2D eigenvalue weighted by atomic mass is 9.78. The Hall–Kier alpha value is -2.21. The summed E-state index contributed by atoms with van der Waals surface area (Å²) in [6, 6.07) is 12.1. The number of hydrogen-bond donors (Lipinski definition) is 2. The minimum absolute atomic E-state index is 0.0901. The van der Waals surface area contributed by atoms with Gasteiger partial charge in [0, 0.05) is 12.4 Å². The molecule has 2 aromatic heterocycles. The number of nitrogens with zero attached hydrogens (tertiary/aromatic N) is 2. The fraction of sp³-hybridized carbons (Fsp3) is 0.478. The second-order valence-corrected chi connectivity index (χ2v) is 9.08. The smallest absolute Gasteiger partial charge is 0.222 e. The highest BCUT2D eigenvalue weighted by Gasteiger charge is 2.36. The summed E-state index contributed by atoms with van der Waals surface area (Å²) in [6.07, 6.45) is 13.5. The van der Waals surface area contributed by atoms with Crippen LogP contribution >= 0.6 is 11.8 Å². The van der Waals surface area contributed by atoms with Gasteiger partial charge in [0.05, 0.1) is 29.0 Å². The van der Waals surface area contributed by atoms with Gasteiger partial charge in [0.15, 0.2) is 0 Å². The van der Waals surface area contributed by atoms with Gasteiger partial charge in [0.2, 0.25) is 5.91 Å². The van der Waals surface area contributed by atoms with Crippen LogP contribution in [0, 0.1) is 0 Å². The first-order valence-electron chi connectivity index (χ1n) is 10.6. The van der Waals surface area contributed by atoms with E-state index in [1.165, 1.54) is 19.3 Å². The van der Waals surface area contributed by atoms with Crippen LogP contribution < -0.4 is 5.32 Å². The first-order chi connectivity index (χ1) is 14.2. The Morgan fingerprint density at radius 3 is 2.69 bits per heavy atom. The fourth-order valence-corrected chi connectivity index (χ4v) is 5.05. The van der Waals surface area contributed by atoms with E-state index in [-0.39, 0.29) is 17.5 Å². The Balaban J connectivity index is 1.52. The highest BCUT2D eigenvalue weighted by molar-refractivity contribution is 7.98. The Labute approximate surface area is 176 Å². The van der Waals surface area contributed by atoms with Gasteiger partial charge in [-0.15, -0.1) is 0 Å². The van der Waals surface area contributed by atoms with Crippen LogP contribution in [0.1, 0.15) is 56.8 Å². The second-order valence-electron chi connectivity index (χ2n) is 8.09. The SMILES string of the molecule is CSCC[C@H](NC(=O)CC1(n2cccc2)CCCCC1)c1nc2ccccc2[nH]1. The number of aromatic nitrogens is 3. The van der Waals surface area contributed by atoms with Gasteiger partial charge in [-0.25, -0.2) is 4.98 Å². The number of carbonyl (C=O) groups is 1. The van der Waals surface area contributed by atoms with Crippen LogP contribution in [0.15, 0.2) is 48.8 Å². The molecule has 154 valence electrons. The molecule has 0 aliphatic heterocycles. The number of nitrogens with one attached hydrogen (secondary N) is 2. The van der Waals surface area contributed by atoms with Crippen LogP contribution in [0.2, 0.25) is 0 Å². The average Bonchev–Trinajstić information content (AvgIpc) is 3.42. The van der Waals surface area contributed by atoms with Crippen molar-refractivity contribution in [3.05, 3.63) is 54.6 Å². The quantitative estimate of drug-likeness (QED) is 0.548. The van der Waals surface area contributed by atoms with Crippen LogP contribution in [0.25, 0.3) is 11.0 Å². The molecule has 2 N–H and O–H groups in total. The fourth-order valence-electron chi connectivity index (χ4n) is 4.58. The molecule has 6 heteroatoms. The van der Waals surface area contributed by atoms with Crippen LogP contribution in [-0.4, -0.2) is 32.5 Å². The normalized spacial score (nSPS) is 17.3. The van der Waals surface area contributed by atoms with E-state index in [0.717, 1.165) is 41.9 Å². The zero-order chi connectivity index (χ0) is 20.1. The van der Waals surface area contributed by atoms with Gasteiger partial charge in [-0.1, -0.05) is 31.4 Å². The molecule has 1 atom stereocenters. The van der Waals surface area contributed by atoms with E-state index < -0.39 is 0 Å². The first-order valence-corrected chi connectivity index (χ1v) is 12.0. The molecule has 1 amide bonds. The first kappa shape index (κ1) is 20.1. The number of rotatable bonds is 8. The number of thioether (sulfide) groups is 1. The van der Waals surface area contributed by atoms with Crippen LogP contribution in [0.4, 0.5) is 0 Å². The summed E-state index contributed by atoms with van der Waals surface area (Å²) in [6.45, 7) is 0. The summed E-state index contributed by atoms with van der Waals surface area (Å²) in [5.41, 5.74) is 1.87. The van der Waals surface area contributed by atoms with Gasteiger partial charge in [-0.05, 0) is 55.5 Å². The van der Waals surface area contributed by atoms with Crippen molar-refractivity contribution in [2.24, 2.45) is 0 Å². The van der Waals surface area contributed by atoms with Crippen LogP contribution in [0.5, 0.6) is 0 Å². The molecule has 0 bridgehead atoms. The Kier molecular flexibility index (Phi) is 6.28. The van der Waals surface area contributed by atoms with Crippen molar-refractivity contribution in [2.75, 3.05) is 12.0 Å². The van der Waals surface area contributed by atoms with Crippen molar-refractivity contribution in [1.82, 2.24) is 19.9 Å². The summed E-state index contributed by atoms with van der Waals surface area (Å²) < 4.78 is 2.27. The predicted octanol–water partition coefficient (Wildman–Crippen LogP) is 5.02. The van der Waals surface area contributed by atoms with Gasteiger partial charge in [-0.2, -0.15) is 11.8 Å². The lowest BCUT2D eigenvalue weighted by Crippen LogP contribution is -2.41. The summed E-state index contributed by atoms with van der Waals surface area (Å²) in [4.78, 5) is 21.4. The predicted molar refractivity (Wildman–Crippen MR) is 120 cm³/mol. The molecule has 0 spiro atoms. The minimum atomic E-state index is -0.0935. The van der Waals surface area contributed by atoms with Crippen molar-refractivity contribution < 1.29 is 4.79 Å². The van der Waals surface area contributed by atoms with Crippen molar-refractivity contribution in [3.63, 3.8) is 0 Å². The zero-order valence-corrected chi connectivity index (χ0v) is 17.9. The summed E-state index contributed by atoms with van der Waals surface area (Å²) in [5.74, 6) is 1.95. The summed E-state index contributed by atoms with van der Waals surface area (Å²) in [7, 11) is 0. The van der Waals surface area contributed by atoms with E-state index in [1.54, 1.807) is 11.8 Å². The van der Waals surface area contributed by atoms with Crippen LogP contribution in [-0.2, 0) is 10.3 Å². The highest BCUT2D eigenvalue weighted by Crippen LogP contribution is 2.38. The third-order valence-electron chi connectivity index (χ3n) is 6.11. The van der Waals surface area contributed by atoms with Crippen molar-refractivity contribution in [3.8, 4) is 0 Å². The minimum Gasteiger partial charge on any atom is -0.348 e. The molecule has 5 nitrogen and oxygen atoms in total. The van der Waals surface area contributed by atoms with Crippen molar-refractivity contribution in [2.45, 2.75) is 56.5 Å². The van der Waals surface area contributed by atoms with Gasteiger partial charge in [0.25, 0.3) is 0 Å². The number of aromatic amines is 1. The number of carbonyl (C=O) groups excluding carboxylic acids is 1. The lowest BCUT2D eigenvalue weighted by molar-refractivity contribution is -0.124. The van der Waals surface area contributed by atoms with Gasteiger partial charge in [-0.3, -0.25) is 4.79 Å². The third kappa shape index (κ3) is 4.53. The monoisotopic (exact) mass is 410 g/mol. The average molecular weight is 411 g/mol. The Morgan fingerprint density at radius 1 is 1.21 bits per heavy atom. The number of imidazole rings is 1.